The molecule has 0 aromatic heterocycles. The highest BCUT2D eigenvalue weighted by Gasteiger charge is 2.30. The fourth-order valence-electron chi connectivity index (χ4n) is 2.23. The molecule has 0 spiro atoms. The summed E-state index contributed by atoms with van der Waals surface area (Å²) in [4.78, 5) is 0. The monoisotopic (exact) mass is 297 g/mol. The van der Waals surface area contributed by atoms with Crippen LogP contribution in [0.25, 0.3) is 11.1 Å². The number of hydrogen-bond donors (Lipinski definition) is 1. The number of alkyl halides is 3. The molecule has 0 atom stereocenters. The molecule has 0 aliphatic rings. The van der Waals surface area contributed by atoms with E-state index in [4.69, 9.17) is 0 Å². The Morgan fingerprint density at radius 3 is 2.33 bits per heavy atom. The lowest BCUT2D eigenvalue weighted by Crippen LogP contribution is -2.07. The fourth-order valence-corrected chi connectivity index (χ4v) is 2.23. The Morgan fingerprint density at radius 2 is 1.76 bits per heavy atom. The Hall–Kier alpha value is -1.88. The van der Waals surface area contributed by atoms with Crippen molar-refractivity contribution in [3.8, 4) is 11.1 Å². The molecule has 0 bridgehead atoms. The van der Waals surface area contributed by atoms with E-state index in [1.165, 1.54) is 12.1 Å². The zero-order valence-corrected chi connectivity index (χ0v) is 11.7. The van der Waals surface area contributed by atoms with E-state index in [1.54, 1.807) is 26.1 Å². The first-order chi connectivity index (χ1) is 9.82. The van der Waals surface area contributed by atoms with Gasteiger partial charge in [0.1, 0.15) is 5.82 Å². The van der Waals surface area contributed by atoms with E-state index < -0.39 is 11.7 Å². The first-order valence-electron chi connectivity index (χ1n) is 6.44. The molecule has 2 rings (SSSR count). The van der Waals surface area contributed by atoms with Gasteiger partial charge in [-0.3, -0.25) is 0 Å². The third-order valence-electron chi connectivity index (χ3n) is 3.28. The predicted molar refractivity (Wildman–Crippen MR) is 74.3 cm³/mol. The Kier molecular flexibility index (Phi) is 4.32. The lowest BCUT2D eigenvalue weighted by atomic mass is 9.96. The quantitative estimate of drug-likeness (QED) is 0.820. The van der Waals surface area contributed by atoms with Crippen LogP contribution in [0.2, 0.25) is 0 Å². The van der Waals surface area contributed by atoms with Gasteiger partial charge in [0.2, 0.25) is 0 Å². The van der Waals surface area contributed by atoms with E-state index in [9.17, 15) is 17.6 Å². The third kappa shape index (κ3) is 3.42. The SMILES string of the molecule is CNCc1cc(-c2ccc(C(F)(F)F)cc2C)ccc1F. The van der Waals surface area contributed by atoms with Crippen LogP contribution in [0, 0.1) is 12.7 Å². The Labute approximate surface area is 120 Å². The molecule has 0 aliphatic heterocycles. The molecule has 0 fully saturated rings. The van der Waals surface area contributed by atoms with Crippen molar-refractivity contribution in [1.82, 2.24) is 5.32 Å². The molecule has 2 aromatic rings. The Morgan fingerprint density at radius 1 is 1.05 bits per heavy atom. The lowest BCUT2D eigenvalue weighted by Gasteiger charge is -2.12. The highest BCUT2D eigenvalue weighted by Crippen LogP contribution is 2.33. The van der Waals surface area contributed by atoms with Crippen LogP contribution < -0.4 is 5.32 Å². The molecule has 112 valence electrons. The molecule has 0 amide bonds. The van der Waals surface area contributed by atoms with Crippen LogP contribution in [0.15, 0.2) is 36.4 Å². The highest BCUT2D eigenvalue weighted by molar-refractivity contribution is 5.68. The maximum absolute atomic E-state index is 13.6. The largest absolute Gasteiger partial charge is 0.416 e. The van der Waals surface area contributed by atoms with Crippen LogP contribution in [0.5, 0.6) is 0 Å². The molecule has 0 aliphatic carbocycles. The molecule has 0 saturated carbocycles. The summed E-state index contributed by atoms with van der Waals surface area (Å²) >= 11 is 0. The number of halogens is 4. The maximum atomic E-state index is 13.6. The fraction of sp³-hybridized carbons (Fsp3) is 0.250. The van der Waals surface area contributed by atoms with Crippen molar-refractivity contribution in [1.29, 1.82) is 0 Å². The second kappa shape index (κ2) is 5.85. The van der Waals surface area contributed by atoms with Crippen molar-refractivity contribution in [3.63, 3.8) is 0 Å². The van der Waals surface area contributed by atoms with E-state index >= 15 is 0 Å². The molecule has 0 saturated heterocycles. The average Bonchev–Trinajstić information content (AvgIpc) is 2.40. The van der Waals surface area contributed by atoms with Gasteiger partial charge in [-0.2, -0.15) is 13.2 Å². The average molecular weight is 297 g/mol. The van der Waals surface area contributed by atoms with Gasteiger partial charge in [0.05, 0.1) is 5.56 Å². The first-order valence-corrected chi connectivity index (χ1v) is 6.44. The van der Waals surface area contributed by atoms with E-state index in [0.29, 0.717) is 28.8 Å². The topological polar surface area (TPSA) is 12.0 Å². The van der Waals surface area contributed by atoms with Gasteiger partial charge in [0.25, 0.3) is 0 Å². The molecule has 21 heavy (non-hydrogen) atoms. The van der Waals surface area contributed by atoms with Gasteiger partial charge in [0.15, 0.2) is 0 Å². The molecular weight excluding hydrogens is 282 g/mol. The van der Waals surface area contributed by atoms with Crippen LogP contribution in [-0.4, -0.2) is 7.05 Å². The third-order valence-corrected chi connectivity index (χ3v) is 3.28. The van der Waals surface area contributed by atoms with Crippen LogP contribution in [-0.2, 0) is 12.7 Å². The number of hydrogen-bond acceptors (Lipinski definition) is 1. The Bertz CT molecular complexity index is 647. The highest BCUT2D eigenvalue weighted by atomic mass is 19.4. The molecule has 1 nitrogen and oxygen atoms in total. The van der Waals surface area contributed by atoms with Crippen molar-refractivity contribution < 1.29 is 17.6 Å². The minimum Gasteiger partial charge on any atom is -0.316 e. The summed E-state index contributed by atoms with van der Waals surface area (Å²) in [6.07, 6.45) is -4.36. The summed E-state index contributed by atoms with van der Waals surface area (Å²) in [6.45, 7) is 1.98. The van der Waals surface area contributed by atoms with Gasteiger partial charge in [-0.25, -0.2) is 4.39 Å². The van der Waals surface area contributed by atoms with E-state index in [-0.39, 0.29) is 5.82 Å². The smallest absolute Gasteiger partial charge is 0.316 e. The lowest BCUT2D eigenvalue weighted by molar-refractivity contribution is -0.137. The van der Waals surface area contributed by atoms with Gasteiger partial charge in [-0.1, -0.05) is 12.1 Å². The van der Waals surface area contributed by atoms with Crippen molar-refractivity contribution in [2.24, 2.45) is 0 Å². The minimum absolute atomic E-state index is 0.335. The van der Waals surface area contributed by atoms with E-state index in [0.717, 1.165) is 12.1 Å². The molecule has 1 N–H and O–H groups in total. The minimum atomic E-state index is -4.36. The van der Waals surface area contributed by atoms with Crippen LogP contribution >= 0.6 is 0 Å². The second-order valence-corrected chi connectivity index (χ2v) is 4.86. The van der Waals surface area contributed by atoms with Gasteiger partial charge in [-0.15, -0.1) is 0 Å². The zero-order chi connectivity index (χ0) is 15.6. The number of nitrogens with one attached hydrogen (secondary N) is 1. The standard InChI is InChI=1S/C16H15F4N/c1-10-7-13(16(18,19)20)4-5-14(10)11-3-6-15(17)12(8-11)9-21-2/h3-8,21H,9H2,1-2H3. The van der Waals surface area contributed by atoms with Crippen LogP contribution in [0.4, 0.5) is 17.6 Å². The van der Waals surface area contributed by atoms with E-state index in [1.807, 2.05) is 0 Å². The van der Waals surface area contributed by atoms with Gasteiger partial charge in [-0.05, 0) is 54.9 Å². The maximum Gasteiger partial charge on any atom is 0.416 e. The molecule has 0 unspecified atom stereocenters. The van der Waals surface area contributed by atoms with Crippen LogP contribution in [0.1, 0.15) is 16.7 Å². The number of benzene rings is 2. The van der Waals surface area contributed by atoms with Crippen molar-refractivity contribution >= 4 is 0 Å². The Balaban J connectivity index is 2.45. The molecule has 0 heterocycles. The predicted octanol–water partition coefficient (Wildman–Crippen LogP) is 4.54. The summed E-state index contributed by atoms with van der Waals surface area (Å²) < 4.78 is 51.6. The van der Waals surface area contributed by atoms with Gasteiger partial charge >= 0.3 is 6.18 Å². The number of aryl methyl sites for hydroxylation is 1. The second-order valence-electron chi connectivity index (χ2n) is 4.86. The van der Waals surface area contributed by atoms with Crippen molar-refractivity contribution in [2.45, 2.75) is 19.6 Å². The molecule has 5 heteroatoms. The van der Waals surface area contributed by atoms with Crippen LogP contribution in [0.3, 0.4) is 0 Å². The molecule has 0 radical (unpaired) electrons. The first kappa shape index (κ1) is 15.5. The van der Waals surface area contributed by atoms with Gasteiger partial charge < -0.3 is 5.32 Å². The summed E-state index contributed by atoms with van der Waals surface area (Å²) in [5.74, 6) is -0.335. The van der Waals surface area contributed by atoms with Crippen molar-refractivity contribution in [3.05, 3.63) is 58.9 Å². The normalized spacial score (nSPS) is 11.7. The molecular formula is C16H15F4N. The molecule has 2 aromatic carbocycles. The summed E-state index contributed by atoms with van der Waals surface area (Å²) in [7, 11) is 1.70. The van der Waals surface area contributed by atoms with Crippen molar-refractivity contribution in [2.75, 3.05) is 7.05 Å². The summed E-state index contributed by atoms with van der Waals surface area (Å²) in [5.41, 5.74) is 1.68. The number of rotatable bonds is 3. The summed E-state index contributed by atoms with van der Waals surface area (Å²) in [5, 5.41) is 2.86. The van der Waals surface area contributed by atoms with E-state index in [2.05, 4.69) is 5.32 Å². The zero-order valence-electron chi connectivity index (χ0n) is 11.7. The van der Waals surface area contributed by atoms with Gasteiger partial charge in [0, 0.05) is 12.1 Å². The summed E-state index contributed by atoms with van der Waals surface area (Å²) in [6, 6.07) is 8.14.